The predicted octanol–water partition coefficient (Wildman–Crippen LogP) is -0.756. The first-order valence-corrected chi connectivity index (χ1v) is 3.58. The molecule has 0 saturated carbocycles. The van der Waals surface area contributed by atoms with E-state index in [0.29, 0.717) is 0 Å². The summed E-state index contributed by atoms with van der Waals surface area (Å²) < 4.78 is 0. The van der Waals surface area contributed by atoms with E-state index in [-0.39, 0.29) is 17.8 Å². The average Bonchev–Trinajstić information content (AvgIpc) is 2.00. The van der Waals surface area contributed by atoms with Gasteiger partial charge in [0.05, 0.1) is 0 Å². The Morgan fingerprint density at radius 2 is 1.58 bits per heavy atom. The largest absolute Gasteiger partial charge is 0.295 e. The smallest absolute Gasteiger partial charge is 0.241 e. The Labute approximate surface area is 70.2 Å². The number of hydrogen-bond acceptors (Lipinski definition) is 3. The SMILES string of the molecule is CN=C1NC(=O)C(C)(C)C(=O)N1. The van der Waals surface area contributed by atoms with Gasteiger partial charge in [-0.1, -0.05) is 0 Å². The molecule has 0 aliphatic carbocycles. The quantitative estimate of drug-likeness (QED) is 0.468. The molecule has 5 nitrogen and oxygen atoms in total. The lowest BCUT2D eigenvalue weighted by Gasteiger charge is -2.28. The maximum absolute atomic E-state index is 11.2. The van der Waals surface area contributed by atoms with E-state index in [1.54, 1.807) is 13.8 Å². The maximum Gasteiger partial charge on any atom is 0.241 e. The first-order chi connectivity index (χ1) is 5.48. The molecule has 1 fully saturated rings. The van der Waals surface area contributed by atoms with Crippen molar-refractivity contribution in [2.24, 2.45) is 10.4 Å². The molecule has 66 valence electrons. The fourth-order valence-electron chi connectivity index (χ4n) is 0.774. The van der Waals surface area contributed by atoms with Crippen LogP contribution in [0.15, 0.2) is 4.99 Å². The number of aliphatic imine (C=N–C) groups is 1. The number of carbonyl (C=O) groups is 2. The van der Waals surface area contributed by atoms with Crippen molar-refractivity contribution in [1.82, 2.24) is 10.6 Å². The molecular formula is C7H11N3O2. The van der Waals surface area contributed by atoms with Crippen molar-refractivity contribution >= 4 is 17.8 Å². The zero-order valence-corrected chi connectivity index (χ0v) is 7.26. The standard InChI is InChI=1S/C7H11N3O2/c1-7(2)4(11)9-6(8-3)10-5(7)12/h1-3H3,(H2,8,9,10,11,12). The highest BCUT2D eigenvalue weighted by Gasteiger charge is 2.40. The van der Waals surface area contributed by atoms with E-state index in [0.717, 1.165) is 0 Å². The van der Waals surface area contributed by atoms with Gasteiger partial charge in [0.1, 0.15) is 5.41 Å². The fourth-order valence-corrected chi connectivity index (χ4v) is 0.774. The summed E-state index contributed by atoms with van der Waals surface area (Å²) in [5.41, 5.74) is -1.01. The first-order valence-electron chi connectivity index (χ1n) is 3.58. The minimum Gasteiger partial charge on any atom is -0.295 e. The zero-order chi connectivity index (χ0) is 9.35. The van der Waals surface area contributed by atoms with Crippen molar-refractivity contribution in [2.45, 2.75) is 13.8 Å². The Morgan fingerprint density at radius 3 is 1.92 bits per heavy atom. The third-order valence-electron chi connectivity index (χ3n) is 1.82. The van der Waals surface area contributed by atoms with E-state index in [4.69, 9.17) is 0 Å². The van der Waals surface area contributed by atoms with Crippen LogP contribution in [0.3, 0.4) is 0 Å². The van der Waals surface area contributed by atoms with Gasteiger partial charge in [0.15, 0.2) is 0 Å². The third kappa shape index (κ3) is 1.17. The number of guanidine groups is 1. The second-order valence-corrected chi connectivity index (χ2v) is 3.11. The van der Waals surface area contributed by atoms with Gasteiger partial charge in [-0.2, -0.15) is 0 Å². The normalized spacial score (nSPS) is 21.4. The Bertz CT molecular complexity index is 246. The number of carbonyl (C=O) groups excluding carboxylic acids is 2. The molecular weight excluding hydrogens is 158 g/mol. The predicted molar refractivity (Wildman–Crippen MR) is 43.4 cm³/mol. The van der Waals surface area contributed by atoms with E-state index >= 15 is 0 Å². The Morgan fingerprint density at radius 1 is 1.17 bits per heavy atom. The second-order valence-electron chi connectivity index (χ2n) is 3.11. The molecule has 0 aromatic rings. The van der Waals surface area contributed by atoms with Crippen LogP contribution in [-0.4, -0.2) is 24.8 Å². The maximum atomic E-state index is 11.2. The van der Waals surface area contributed by atoms with Crippen molar-refractivity contribution in [3.8, 4) is 0 Å². The molecule has 5 heteroatoms. The van der Waals surface area contributed by atoms with Crippen LogP contribution in [0.25, 0.3) is 0 Å². The molecule has 0 atom stereocenters. The van der Waals surface area contributed by atoms with Gasteiger partial charge >= 0.3 is 0 Å². The molecule has 0 spiro atoms. The van der Waals surface area contributed by atoms with Crippen LogP contribution in [0, 0.1) is 5.41 Å². The molecule has 2 amide bonds. The molecule has 0 unspecified atom stereocenters. The van der Waals surface area contributed by atoms with Gasteiger partial charge in [-0.15, -0.1) is 0 Å². The highest BCUT2D eigenvalue weighted by atomic mass is 16.2. The van der Waals surface area contributed by atoms with Gasteiger partial charge in [-0.25, -0.2) is 0 Å². The van der Waals surface area contributed by atoms with Crippen molar-refractivity contribution in [3.05, 3.63) is 0 Å². The average molecular weight is 169 g/mol. The first kappa shape index (κ1) is 8.70. The lowest BCUT2D eigenvalue weighted by atomic mass is 9.90. The zero-order valence-electron chi connectivity index (χ0n) is 7.26. The van der Waals surface area contributed by atoms with Gasteiger partial charge in [0, 0.05) is 7.05 Å². The van der Waals surface area contributed by atoms with Crippen molar-refractivity contribution in [3.63, 3.8) is 0 Å². The molecule has 0 aromatic heterocycles. The molecule has 12 heavy (non-hydrogen) atoms. The van der Waals surface area contributed by atoms with Gasteiger partial charge in [-0.05, 0) is 13.8 Å². The highest BCUT2D eigenvalue weighted by molar-refractivity contribution is 6.19. The minimum absolute atomic E-state index is 0.212. The Hall–Kier alpha value is -1.39. The molecule has 1 aliphatic heterocycles. The molecule has 0 bridgehead atoms. The third-order valence-corrected chi connectivity index (χ3v) is 1.82. The Kier molecular flexibility index (Phi) is 1.87. The van der Waals surface area contributed by atoms with Crippen LogP contribution in [0.1, 0.15) is 13.8 Å². The molecule has 1 heterocycles. The summed E-state index contributed by atoms with van der Waals surface area (Å²) in [6.45, 7) is 3.12. The fraction of sp³-hybridized carbons (Fsp3) is 0.571. The minimum atomic E-state index is -1.01. The van der Waals surface area contributed by atoms with Gasteiger partial charge in [-0.3, -0.25) is 25.2 Å². The van der Waals surface area contributed by atoms with Crippen molar-refractivity contribution in [2.75, 3.05) is 7.05 Å². The number of hydrogen-bond donors (Lipinski definition) is 2. The summed E-state index contributed by atoms with van der Waals surface area (Å²) in [6.07, 6.45) is 0. The summed E-state index contributed by atoms with van der Waals surface area (Å²) in [5.74, 6) is -0.442. The summed E-state index contributed by atoms with van der Waals surface area (Å²) in [6, 6.07) is 0. The monoisotopic (exact) mass is 169 g/mol. The molecule has 1 aliphatic rings. The lowest BCUT2D eigenvalue weighted by molar-refractivity contribution is -0.141. The molecule has 0 radical (unpaired) electrons. The molecule has 1 saturated heterocycles. The van der Waals surface area contributed by atoms with Crippen LogP contribution in [-0.2, 0) is 9.59 Å². The number of nitrogens with one attached hydrogen (secondary N) is 2. The van der Waals surface area contributed by atoms with Gasteiger partial charge < -0.3 is 0 Å². The van der Waals surface area contributed by atoms with E-state index in [1.807, 2.05) is 0 Å². The van der Waals surface area contributed by atoms with Crippen LogP contribution in [0.2, 0.25) is 0 Å². The summed E-state index contributed by atoms with van der Waals surface area (Å²) in [4.78, 5) is 26.2. The van der Waals surface area contributed by atoms with Gasteiger partial charge in [0.25, 0.3) is 0 Å². The van der Waals surface area contributed by atoms with E-state index in [2.05, 4.69) is 15.6 Å². The van der Waals surface area contributed by atoms with Crippen LogP contribution < -0.4 is 10.6 Å². The van der Waals surface area contributed by atoms with Crippen molar-refractivity contribution < 1.29 is 9.59 Å². The van der Waals surface area contributed by atoms with Gasteiger partial charge in [0.2, 0.25) is 17.8 Å². The summed E-state index contributed by atoms with van der Waals surface area (Å²) in [5, 5.41) is 4.93. The van der Waals surface area contributed by atoms with Crippen LogP contribution in [0.4, 0.5) is 0 Å². The van der Waals surface area contributed by atoms with E-state index < -0.39 is 5.41 Å². The number of rotatable bonds is 0. The van der Waals surface area contributed by atoms with E-state index in [9.17, 15) is 9.59 Å². The Balaban J connectivity index is 2.93. The lowest BCUT2D eigenvalue weighted by Crippen LogP contribution is -2.60. The van der Waals surface area contributed by atoms with Crippen LogP contribution >= 0.6 is 0 Å². The number of nitrogens with zero attached hydrogens (tertiary/aromatic N) is 1. The number of amides is 2. The highest BCUT2D eigenvalue weighted by Crippen LogP contribution is 2.17. The second kappa shape index (κ2) is 2.58. The summed E-state index contributed by atoms with van der Waals surface area (Å²) >= 11 is 0. The molecule has 1 rings (SSSR count). The molecule has 0 aromatic carbocycles. The van der Waals surface area contributed by atoms with E-state index in [1.165, 1.54) is 7.05 Å². The summed E-state index contributed by atoms with van der Waals surface area (Å²) in [7, 11) is 1.49. The molecule has 2 N–H and O–H groups in total. The topological polar surface area (TPSA) is 70.6 Å². The van der Waals surface area contributed by atoms with Crippen molar-refractivity contribution in [1.29, 1.82) is 0 Å². The van der Waals surface area contributed by atoms with Crippen LogP contribution in [0.5, 0.6) is 0 Å².